The summed E-state index contributed by atoms with van der Waals surface area (Å²) < 4.78 is 0. The molecule has 0 bridgehead atoms. The number of aromatic nitrogens is 1. The Balaban J connectivity index is 1.71. The van der Waals surface area contributed by atoms with Gasteiger partial charge in [0, 0.05) is 31.7 Å². The first-order chi connectivity index (χ1) is 12.5. The number of piperidine rings is 1. The molecule has 138 valence electrons. The van der Waals surface area contributed by atoms with Crippen molar-refractivity contribution in [3.05, 3.63) is 48.0 Å². The molecule has 3 rings (SSSR count). The van der Waals surface area contributed by atoms with E-state index in [4.69, 9.17) is 10.1 Å². The van der Waals surface area contributed by atoms with Crippen molar-refractivity contribution in [1.29, 1.82) is 0 Å². The number of rotatable bonds is 4. The highest BCUT2D eigenvalue weighted by Crippen LogP contribution is 2.25. The maximum Gasteiger partial charge on any atom is 0.407 e. The predicted octanol–water partition coefficient (Wildman–Crippen LogP) is 4.45. The second kappa shape index (κ2) is 7.77. The minimum Gasteiger partial charge on any atom is -0.465 e. The Morgan fingerprint density at radius 3 is 2.38 bits per heavy atom. The van der Waals surface area contributed by atoms with Gasteiger partial charge >= 0.3 is 6.09 Å². The van der Waals surface area contributed by atoms with Gasteiger partial charge in [0.25, 0.3) is 0 Å². The van der Waals surface area contributed by atoms with E-state index in [1.54, 1.807) is 7.05 Å². The third-order valence-corrected chi connectivity index (χ3v) is 5.25. The Morgan fingerprint density at radius 2 is 1.81 bits per heavy atom. The molecule has 1 aliphatic heterocycles. The number of carboxylic acid groups (broad SMARTS) is 1. The SMILES string of the molecule is CC(C)c1ccc(-c2cccc(N3CCC(N(C)C(=O)O)CC3)n2)cc1. The van der Waals surface area contributed by atoms with Crippen molar-refractivity contribution in [3.63, 3.8) is 0 Å². The van der Waals surface area contributed by atoms with Crippen LogP contribution in [-0.2, 0) is 0 Å². The van der Waals surface area contributed by atoms with Gasteiger partial charge in [-0.25, -0.2) is 9.78 Å². The summed E-state index contributed by atoms with van der Waals surface area (Å²) in [6, 6.07) is 14.8. The van der Waals surface area contributed by atoms with Gasteiger partial charge in [0.15, 0.2) is 0 Å². The van der Waals surface area contributed by atoms with Crippen LogP contribution in [0.25, 0.3) is 11.3 Å². The van der Waals surface area contributed by atoms with E-state index in [2.05, 4.69) is 43.0 Å². The standard InChI is InChI=1S/C21H27N3O2/c1-15(2)16-7-9-17(10-8-16)19-5-4-6-20(22-19)24-13-11-18(12-14-24)23(3)21(25)26/h4-10,15,18H,11-14H2,1-3H3,(H,25,26). The van der Waals surface area contributed by atoms with E-state index >= 15 is 0 Å². The Hall–Kier alpha value is -2.56. The summed E-state index contributed by atoms with van der Waals surface area (Å²) in [5, 5.41) is 9.13. The number of amides is 1. The lowest BCUT2D eigenvalue weighted by Gasteiger charge is -2.36. The molecular formula is C21H27N3O2. The minimum absolute atomic E-state index is 0.0931. The molecule has 0 radical (unpaired) electrons. The monoisotopic (exact) mass is 353 g/mol. The Bertz CT molecular complexity index is 750. The molecule has 1 aromatic heterocycles. The highest BCUT2D eigenvalue weighted by molar-refractivity contribution is 5.65. The molecular weight excluding hydrogens is 326 g/mol. The summed E-state index contributed by atoms with van der Waals surface area (Å²) in [5.41, 5.74) is 3.42. The van der Waals surface area contributed by atoms with Gasteiger partial charge in [-0.3, -0.25) is 0 Å². The van der Waals surface area contributed by atoms with Crippen LogP contribution in [-0.4, -0.2) is 47.3 Å². The summed E-state index contributed by atoms with van der Waals surface area (Å²) in [6.45, 7) is 6.04. The number of hydrogen-bond donors (Lipinski definition) is 1. The Morgan fingerprint density at radius 1 is 1.15 bits per heavy atom. The molecule has 5 nitrogen and oxygen atoms in total. The van der Waals surface area contributed by atoms with Crippen LogP contribution in [0.4, 0.5) is 10.6 Å². The topological polar surface area (TPSA) is 56.7 Å². The van der Waals surface area contributed by atoms with Crippen molar-refractivity contribution in [2.45, 2.75) is 38.6 Å². The summed E-state index contributed by atoms with van der Waals surface area (Å²) in [7, 11) is 1.66. The normalized spacial score (nSPS) is 15.3. The Kier molecular flexibility index (Phi) is 5.45. The zero-order valence-electron chi connectivity index (χ0n) is 15.7. The quantitative estimate of drug-likeness (QED) is 0.882. The fourth-order valence-electron chi connectivity index (χ4n) is 3.44. The first-order valence-electron chi connectivity index (χ1n) is 9.24. The van der Waals surface area contributed by atoms with Crippen LogP contribution < -0.4 is 4.90 Å². The number of pyridine rings is 1. The molecule has 2 aromatic rings. The van der Waals surface area contributed by atoms with Crippen LogP contribution in [0.15, 0.2) is 42.5 Å². The highest BCUT2D eigenvalue weighted by atomic mass is 16.4. The zero-order chi connectivity index (χ0) is 18.7. The van der Waals surface area contributed by atoms with Crippen LogP contribution in [0.5, 0.6) is 0 Å². The van der Waals surface area contributed by atoms with Crippen LogP contribution in [0.2, 0.25) is 0 Å². The van der Waals surface area contributed by atoms with E-state index in [1.807, 2.05) is 18.2 Å². The van der Waals surface area contributed by atoms with E-state index < -0.39 is 6.09 Å². The summed E-state index contributed by atoms with van der Waals surface area (Å²) >= 11 is 0. The third-order valence-electron chi connectivity index (χ3n) is 5.25. The van der Waals surface area contributed by atoms with Crippen molar-refractivity contribution in [3.8, 4) is 11.3 Å². The number of hydrogen-bond acceptors (Lipinski definition) is 3. The predicted molar refractivity (Wildman–Crippen MR) is 105 cm³/mol. The maximum absolute atomic E-state index is 11.1. The first kappa shape index (κ1) is 18.2. The lowest BCUT2D eigenvalue weighted by molar-refractivity contribution is 0.131. The summed E-state index contributed by atoms with van der Waals surface area (Å²) in [6.07, 6.45) is 0.809. The largest absolute Gasteiger partial charge is 0.465 e. The molecule has 5 heteroatoms. The smallest absolute Gasteiger partial charge is 0.407 e. The molecule has 26 heavy (non-hydrogen) atoms. The van der Waals surface area contributed by atoms with Crippen molar-refractivity contribution < 1.29 is 9.90 Å². The fourth-order valence-corrected chi connectivity index (χ4v) is 3.44. The molecule has 1 aromatic carbocycles. The van der Waals surface area contributed by atoms with Gasteiger partial charge in [0.2, 0.25) is 0 Å². The average Bonchev–Trinajstić information content (AvgIpc) is 2.67. The minimum atomic E-state index is -0.853. The molecule has 0 aliphatic carbocycles. The molecule has 0 unspecified atom stereocenters. The molecule has 0 spiro atoms. The van der Waals surface area contributed by atoms with Crippen LogP contribution in [0.3, 0.4) is 0 Å². The lowest BCUT2D eigenvalue weighted by Crippen LogP contribution is -2.45. The van der Waals surface area contributed by atoms with E-state index in [0.717, 1.165) is 43.0 Å². The van der Waals surface area contributed by atoms with E-state index in [0.29, 0.717) is 5.92 Å². The average molecular weight is 353 g/mol. The van der Waals surface area contributed by atoms with Gasteiger partial charge in [-0.05, 0) is 36.5 Å². The van der Waals surface area contributed by atoms with Crippen molar-refractivity contribution in [1.82, 2.24) is 9.88 Å². The van der Waals surface area contributed by atoms with Crippen molar-refractivity contribution >= 4 is 11.9 Å². The van der Waals surface area contributed by atoms with E-state index in [1.165, 1.54) is 10.5 Å². The zero-order valence-corrected chi connectivity index (χ0v) is 15.7. The molecule has 1 fully saturated rings. The van der Waals surface area contributed by atoms with E-state index in [-0.39, 0.29) is 6.04 Å². The van der Waals surface area contributed by atoms with Crippen molar-refractivity contribution in [2.24, 2.45) is 0 Å². The first-order valence-corrected chi connectivity index (χ1v) is 9.24. The molecule has 2 heterocycles. The van der Waals surface area contributed by atoms with Gasteiger partial charge in [0.05, 0.1) is 5.69 Å². The molecule has 0 atom stereocenters. The number of benzene rings is 1. The summed E-state index contributed by atoms with van der Waals surface area (Å²) in [5.74, 6) is 1.49. The molecule has 0 saturated carbocycles. The second-order valence-corrected chi connectivity index (χ2v) is 7.27. The number of anilines is 1. The highest BCUT2D eigenvalue weighted by Gasteiger charge is 2.25. The van der Waals surface area contributed by atoms with E-state index in [9.17, 15) is 4.79 Å². The number of carbonyl (C=O) groups is 1. The molecule has 1 saturated heterocycles. The van der Waals surface area contributed by atoms with Gasteiger partial charge < -0.3 is 14.9 Å². The van der Waals surface area contributed by atoms with Gasteiger partial charge in [-0.15, -0.1) is 0 Å². The van der Waals surface area contributed by atoms with Crippen molar-refractivity contribution in [2.75, 3.05) is 25.0 Å². The molecule has 1 amide bonds. The maximum atomic E-state index is 11.1. The molecule has 1 N–H and O–H groups in total. The van der Waals surface area contributed by atoms with Crippen LogP contribution in [0, 0.1) is 0 Å². The van der Waals surface area contributed by atoms with Crippen LogP contribution >= 0.6 is 0 Å². The molecule has 1 aliphatic rings. The fraction of sp³-hybridized carbons (Fsp3) is 0.429. The lowest BCUT2D eigenvalue weighted by atomic mass is 10.0. The second-order valence-electron chi connectivity index (χ2n) is 7.27. The van der Waals surface area contributed by atoms with Crippen LogP contribution in [0.1, 0.15) is 38.2 Å². The van der Waals surface area contributed by atoms with Gasteiger partial charge in [-0.2, -0.15) is 0 Å². The Labute approximate surface area is 155 Å². The number of nitrogens with zero attached hydrogens (tertiary/aromatic N) is 3. The third kappa shape index (κ3) is 3.98. The summed E-state index contributed by atoms with van der Waals surface area (Å²) in [4.78, 5) is 19.6. The van der Waals surface area contributed by atoms with Gasteiger partial charge in [0.1, 0.15) is 5.82 Å². The van der Waals surface area contributed by atoms with Gasteiger partial charge in [-0.1, -0.05) is 44.2 Å².